The molecule has 0 amide bonds. The molecule has 1 aromatic rings. The van der Waals surface area contributed by atoms with E-state index in [1.165, 1.54) is 29.5 Å². The maximum atomic E-state index is 6.00. The lowest BCUT2D eigenvalue weighted by Crippen LogP contribution is -2.35. The third kappa shape index (κ3) is 1.84. The van der Waals surface area contributed by atoms with Crippen LogP contribution in [0.25, 0.3) is 6.08 Å². The molecule has 0 N–H and O–H groups in total. The molecule has 0 bridgehead atoms. The van der Waals surface area contributed by atoms with E-state index in [-0.39, 0.29) is 10.8 Å². The van der Waals surface area contributed by atoms with Gasteiger partial charge in [-0.15, -0.1) is 0 Å². The number of ether oxygens (including phenoxy) is 3. The van der Waals surface area contributed by atoms with Crippen molar-refractivity contribution in [3.8, 4) is 17.2 Å². The standard InChI is InChI=1S/C21H28O3/c1-12(2)15-17(22-6)13-10-14-20(3,4)8-7-9-21(14,5)16(13)19-18(15)23-11-24-19/h10,12H,7-9,11H2,1-6H3. The van der Waals surface area contributed by atoms with Crippen LogP contribution < -0.4 is 14.2 Å². The smallest absolute Gasteiger partial charge is 0.231 e. The van der Waals surface area contributed by atoms with Gasteiger partial charge in [-0.1, -0.05) is 52.7 Å². The normalized spacial score (nSPS) is 26.2. The summed E-state index contributed by atoms with van der Waals surface area (Å²) in [7, 11) is 1.78. The van der Waals surface area contributed by atoms with Crippen LogP contribution in [0.3, 0.4) is 0 Å². The summed E-state index contributed by atoms with van der Waals surface area (Å²) in [6.07, 6.45) is 6.03. The van der Waals surface area contributed by atoms with Gasteiger partial charge in [-0.25, -0.2) is 0 Å². The molecule has 0 radical (unpaired) electrons. The molecule has 1 heterocycles. The number of methoxy groups -OCH3 is 1. The van der Waals surface area contributed by atoms with Crippen molar-refractivity contribution in [2.24, 2.45) is 5.41 Å². The highest BCUT2D eigenvalue weighted by Gasteiger charge is 2.51. The molecule has 1 saturated carbocycles. The Morgan fingerprint density at radius 3 is 2.46 bits per heavy atom. The van der Waals surface area contributed by atoms with Crippen molar-refractivity contribution in [1.82, 2.24) is 0 Å². The predicted molar refractivity (Wildman–Crippen MR) is 96.2 cm³/mol. The number of hydrogen-bond donors (Lipinski definition) is 0. The highest BCUT2D eigenvalue weighted by molar-refractivity contribution is 5.82. The summed E-state index contributed by atoms with van der Waals surface area (Å²) in [5.41, 5.74) is 5.41. The van der Waals surface area contributed by atoms with Crippen molar-refractivity contribution < 1.29 is 14.2 Å². The Morgan fingerprint density at radius 1 is 1.08 bits per heavy atom. The first-order chi connectivity index (χ1) is 11.3. The fourth-order valence-corrected chi connectivity index (χ4v) is 5.24. The van der Waals surface area contributed by atoms with E-state index >= 15 is 0 Å². The first-order valence-corrected chi connectivity index (χ1v) is 9.08. The van der Waals surface area contributed by atoms with E-state index in [4.69, 9.17) is 14.2 Å². The van der Waals surface area contributed by atoms with Gasteiger partial charge >= 0.3 is 0 Å². The molecule has 1 aliphatic heterocycles. The van der Waals surface area contributed by atoms with E-state index in [9.17, 15) is 0 Å². The quantitative estimate of drug-likeness (QED) is 0.726. The van der Waals surface area contributed by atoms with Gasteiger partial charge in [0.05, 0.1) is 7.11 Å². The van der Waals surface area contributed by atoms with Crippen LogP contribution in [0.15, 0.2) is 5.57 Å². The highest BCUT2D eigenvalue weighted by atomic mass is 16.7. The second kappa shape index (κ2) is 4.93. The van der Waals surface area contributed by atoms with Gasteiger partial charge in [0, 0.05) is 22.1 Å². The lowest BCUT2D eigenvalue weighted by atomic mass is 9.60. The second-order valence-electron chi connectivity index (χ2n) is 8.58. The van der Waals surface area contributed by atoms with Gasteiger partial charge < -0.3 is 14.2 Å². The van der Waals surface area contributed by atoms with Crippen molar-refractivity contribution in [2.75, 3.05) is 13.9 Å². The van der Waals surface area contributed by atoms with Crippen molar-refractivity contribution >= 4 is 6.08 Å². The Hall–Kier alpha value is -1.64. The van der Waals surface area contributed by atoms with Crippen LogP contribution in [0.1, 0.15) is 76.5 Å². The Labute approximate surface area is 145 Å². The SMILES string of the molecule is COc1c2c(c3c(c1C(C)C)OCO3)C1(C)CCCC(C)(C)C1=C2. The Bertz CT molecular complexity index is 742. The molecule has 1 aromatic carbocycles. The van der Waals surface area contributed by atoms with E-state index in [2.05, 4.69) is 40.7 Å². The fourth-order valence-electron chi connectivity index (χ4n) is 5.24. The molecule has 24 heavy (non-hydrogen) atoms. The summed E-state index contributed by atoms with van der Waals surface area (Å²) < 4.78 is 17.8. The van der Waals surface area contributed by atoms with E-state index in [0.29, 0.717) is 12.7 Å². The van der Waals surface area contributed by atoms with Gasteiger partial charge in [-0.05, 0) is 24.2 Å². The minimum absolute atomic E-state index is 0.0255. The van der Waals surface area contributed by atoms with Gasteiger partial charge in [-0.2, -0.15) is 0 Å². The molecule has 0 spiro atoms. The molecule has 0 saturated heterocycles. The zero-order chi connectivity index (χ0) is 17.3. The van der Waals surface area contributed by atoms with Crippen LogP contribution in [0.5, 0.6) is 17.2 Å². The van der Waals surface area contributed by atoms with Crippen molar-refractivity contribution in [3.63, 3.8) is 0 Å². The number of benzene rings is 1. The van der Waals surface area contributed by atoms with Crippen LogP contribution in [0.2, 0.25) is 0 Å². The summed E-state index contributed by atoms with van der Waals surface area (Å²) >= 11 is 0. The molecule has 2 aliphatic carbocycles. The van der Waals surface area contributed by atoms with Crippen LogP contribution in [0, 0.1) is 5.41 Å². The molecule has 3 heteroatoms. The Morgan fingerprint density at radius 2 is 1.79 bits per heavy atom. The number of hydrogen-bond acceptors (Lipinski definition) is 3. The monoisotopic (exact) mass is 328 g/mol. The second-order valence-corrected chi connectivity index (χ2v) is 8.58. The van der Waals surface area contributed by atoms with Gasteiger partial charge in [0.15, 0.2) is 11.5 Å². The Balaban J connectivity index is 2.07. The summed E-state index contributed by atoms with van der Waals surface area (Å²) in [4.78, 5) is 0. The van der Waals surface area contributed by atoms with Gasteiger partial charge in [-0.3, -0.25) is 0 Å². The van der Waals surface area contributed by atoms with Crippen LogP contribution in [-0.4, -0.2) is 13.9 Å². The fraction of sp³-hybridized carbons (Fsp3) is 0.619. The maximum absolute atomic E-state index is 6.00. The van der Waals surface area contributed by atoms with E-state index < -0.39 is 0 Å². The molecular weight excluding hydrogens is 300 g/mol. The molecule has 1 atom stereocenters. The summed E-state index contributed by atoms with van der Waals surface area (Å²) in [5.74, 6) is 3.16. The molecular formula is C21H28O3. The largest absolute Gasteiger partial charge is 0.496 e. The minimum atomic E-state index is 0.0255. The average Bonchev–Trinajstić information content (AvgIpc) is 3.07. The minimum Gasteiger partial charge on any atom is -0.496 e. The zero-order valence-corrected chi connectivity index (χ0v) is 15.7. The average molecular weight is 328 g/mol. The molecule has 4 rings (SSSR count). The first-order valence-electron chi connectivity index (χ1n) is 9.08. The molecule has 1 fully saturated rings. The van der Waals surface area contributed by atoms with Crippen LogP contribution in [-0.2, 0) is 5.41 Å². The number of allylic oxidation sites excluding steroid dienone is 1. The molecule has 130 valence electrons. The number of fused-ring (bicyclic) bond motifs is 5. The zero-order valence-electron chi connectivity index (χ0n) is 15.7. The third-order valence-corrected chi connectivity index (χ3v) is 6.27. The molecule has 3 nitrogen and oxygen atoms in total. The van der Waals surface area contributed by atoms with E-state index in [0.717, 1.165) is 29.2 Å². The molecule has 0 aromatic heterocycles. The van der Waals surface area contributed by atoms with Crippen molar-refractivity contribution in [2.45, 2.75) is 65.2 Å². The topological polar surface area (TPSA) is 27.7 Å². The maximum Gasteiger partial charge on any atom is 0.231 e. The highest BCUT2D eigenvalue weighted by Crippen LogP contribution is 2.64. The summed E-state index contributed by atoms with van der Waals surface area (Å²) in [6.45, 7) is 11.8. The predicted octanol–water partition coefficient (Wildman–Crippen LogP) is 5.41. The van der Waals surface area contributed by atoms with Crippen LogP contribution >= 0.6 is 0 Å². The lowest BCUT2D eigenvalue weighted by molar-refractivity contribution is 0.170. The number of rotatable bonds is 2. The van der Waals surface area contributed by atoms with Gasteiger partial charge in [0.2, 0.25) is 6.79 Å². The van der Waals surface area contributed by atoms with Gasteiger partial charge in [0.1, 0.15) is 5.75 Å². The third-order valence-electron chi connectivity index (χ3n) is 6.27. The van der Waals surface area contributed by atoms with Crippen molar-refractivity contribution in [3.05, 3.63) is 22.3 Å². The Kier molecular flexibility index (Phi) is 3.26. The first kappa shape index (κ1) is 15.9. The summed E-state index contributed by atoms with van der Waals surface area (Å²) in [5, 5.41) is 0. The van der Waals surface area contributed by atoms with E-state index in [1.807, 2.05) is 0 Å². The van der Waals surface area contributed by atoms with Gasteiger partial charge in [0.25, 0.3) is 0 Å². The van der Waals surface area contributed by atoms with Crippen molar-refractivity contribution in [1.29, 1.82) is 0 Å². The molecule has 3 aliphatic rings. The lowest BCUT2D eigenvalue weighted by Gasteiger charge is -2.44. The summed E-state index contributed by atoms with van der Waals surface area (Å²) in [6, 6.07) is 0. The molecule has 1 unspecified atom stereocenters. The van der Waals surface area contributed by atoms with E-state index in [1.54, 1.807) is 7.11 Å². The van der Waals surface area contributed by atoms with Crippen LogP contribution in [0.4, 0.5) is 0 Å².